The molecule has 0 aromatic heterocycles. The van der Waals surface area contributed by atoms with Gasteiger partial charge in [-0.15, -0.1) is 12.4 Å². The molecule has 0 spiro atoms. The van der Waals surface area contributed by atoms with Crippen LogP contribution in [0.5, 0.6) is 11.5 Å². The maximum atomic E-state index is 12.4. The lowest BCUT2D eigenvalue weighted by atomic mass is 9.93. The predicted octanol–water partition coefficient (Wildman–Crippen LogP) is 4.88. The molecule has 33 heavy (non-hydrogen) atoms. The van der Waals surface area contributed by atoms with Gasteiger partial charge in [-0.3, -0.25) is 9.59 Å². The molecule has 0 bridgehead atoms. The maximum absolute atomic E-state index is 12.4. The van der Waals surface area contributed by atoms with Crippen LogP contribution in [0.4, 0.5) is 5.69 Å². The van der Waals surface area contributed by atoms with E-state index >= 15 is 0 Å². The average molecular weight is 487 g/mol. The molecule has 0 saturated heterocycles. The number of nitrogens with two attached hydrogens (primary N) is 1. The van der Waals surface area contributed by atoms with Crippen molar-refractivity contribution < 1.29 is 19.1 Å². The van der Waals surface area contributed by atoms with Gasteiger partial charge in [0.25, 0.3) is 0 Å². The van der Waals surface area contributed by atoms with Crippen LogP contribution in [0.2, 0.25) is 5.02 Å². The minimum atomic E-state index is -0.706. The second kappa shape index (κ2) is 10.7. The fourth-order valence-corrected chi connectivity index (χ4v) is 4.02. The Labute approximate surface area is 203 Å². The summed E-state index contributed by atoms with van der Waals surface area (Å²) in [5, 5.41) is 3.39. The molecule has 6 nitrogen and oxygen atoms in total. The van der Waals surface area contributed by atoms with E-state index in [2.05, 4.69) is 10.1 Å². The third-order valence-corrected chi connectivity index (χ3v) is 5.75. The van der Waals surface area contributed by atoms with Gasteiger partial charge in [-0.1, -0.05) is 48.0 Å². The van der Waals surface area contributed by atoms with E-state index in [4.69, 9.17) is 22.1 Å². The summed E-state index contributed by atoms with van der Waals surface area (Å²) in [7, 11) is 1.32. The smallest absolute Gasteiger partial charge is 0.322 e. The molecular formula is C25H24Cl2N2O4. The number of halogens is 2. The number of methoxy groups -OCH3 is 1. The Hall–Kier alpha value is -3.06. The van der Waals surface area contributed by atoms with E-state index in [0.29, 0.717) is 29.4 Å². The second-order valence-corrected chi connectivity index (χ2v) is 8.08. The first kappa shape index (κ1) is 24.6. The quantitative estimate of drug-likeness (QED) is 0.464. The topological polar surface area (TPSA) is 90.7 Å². The minimum Gasteiger partial charge on any atom is -0.468 e. The van der Waals surface area contributed by atoms with Crippen LogP contribution in [-0.2, 0) is 27.2 Å². The lowest BCUT2D eigenvalue weighted by Gasteiger charge is -2.13. The van der Waals surface area contributed by atoms with Crippen LogP contribution < -0.4 is 15.8 Å². The van der Waals surface area contributed by atoms with Crippen LogP contribution in [0.15, 0.2) is 66.7 Å². The standard InChI is InChI=1S/C25H23ClN2O4.ClH/c1-31-25(30)21(27)14-15-6-9-17(10-7-15)32-23-11-8-16(13-20(23)26)12-19-18-4-2-3-5-22(18)28-24(19)29;/h2-11,13,19,21H,12,14,27H2,1H3,(H,28,29);1H. The molecular weight excluding hydrogens is 463 g/mol. The summed E-state index contributed by atoms with van der Waals surface area (Å²) < 4.78 is 10.6. The van der Waals surface area contributed by atoms with Gasteiger partial charge in [0.05, 0.1) is 18.1 Å². The Morgan fingerprint density at radius 1 is 1.09 bits per heavy atom. The number of hydrogen-bond acceptors (Lipinski definition) is 5. The van der Waals surface area contributed by atoms with Crippen LogP contribution in [0.3, 0.4) is 0 Å². The average Bonchev–Trinajstić information content (AvgIpc) is 3.11. The molecule has 1 aliphatic rings. The highest BCUT2D eigenvalue weighted by Gasteiger charge is 2.30. The first-order valence-electron chi connectivity index (χ1n) is 10.2. The summed E-state index contributed by atoms with van der Waals surface area (Å²) in [5.74, 6) is 0.438. The number of carbonyl (C=O) groups is 2. The van der Waals surface area contributed by atoms with Gasteiger partial charge in [0.2, 0.25) is 5.91 Å². The summed E-state index contributed by atoms with van der Waals surface area (Å²) >= 11 is 6.46. The zero-order valence-electron chi connectivity index (χ0n) is 17.9. The summed E-state index contributed by atoms with van der Waals surface area (Å²) in [6.45, 7) is 0. The van der Waals surface area contributed by atoms with Crippen molar-refractivity contribution in [1.82, 2.24) is 0 Å². The van der Waals surface area contributed by atoms with Crippen molar-refractivity contribution in [3.63, 3.8) is 0 Å². The number of rotatable bonds is 7. The van der Waals surface area contributed by atoms with E-state index in [9.17, 15) is 9.59 Å². The van der Waals surface area contributed by atoms with Crippen molar-refractivity contribution in [1.29, 1.82) is 0 Å². The molecule has 172 valence electrons. The number of anilines is 1. The number of para-hydroxylation sites is 1. The van der Waals surface area contributed by atoms with Gasteiger partial charge in [-0.2, -0.15) is 0 Å². The normalized spacial score (nSPS) is 15.1. The van der Waals surface area contributed by atoms with Crippen LogP contribution in [-0.4, -0.2) is 25.0 Å². The molecule has 0 radical (unpaired) electrons. The Morgan fingerprint density at radius 3 is 2.48 bits per heavy atom. The number of benzene rings is 3. The monoisotopic (exact) mass is 486 g/mol. The van der Waals surface area contributed by atoms with E-state index in [1.165, 1.54) is 7.11 Å². The van der Waals surface area contributed by atoms with Gasteiger partial charge in [-0.25, -0.2) is 0 Å². The number of amides is 1. The van der Waals surface area contributed by atoms with E-state index in [0.717, 1.165) is 22.4 Å². The van der Waals surface area contributed by atoms with E-state index in [-0.39, 0.29) is 24.2 Å². The number of hydrogen-bond donors (Lipinski definition) is 2. The number of ether oxygens (including phenoxy) is 2. The maximum Gasteiger partial charge on any atom is 0.322 e. The van der Waals surface area contributed by atoms with Crippen molar-refractivity contribution in [3.05, 3.63) is 88.4 Å². The van der Waals surface area contributed by atoms with Crippen LogP contribution in [0.25, 0.3) is 0 Å². The lowest BCUT2D eigenvalue weighted by molar-refractivity contribution is -0.142. The first-order chi connectivity index (χ1) is 15.4. The number of esters is 1. The van der Waals surface area contributed by atoms with Crippen molar-refractivity contribution in [2.45, 2.75) is 24.8 Å². The van der Waals surface area contributed by atoms with Gasteiger partial charge in [0, 0.05) is 5.69 Å². The van der Waals surface area contributed by atoms with Crippen molar-refractivity contribution in [2.75, 3.05) is 12.4 Å². The molecule has 4 rings (SSSR count). The largest absolute Gasteiger partial charge is 0.468 e. The molecule has 3 aromatic rings. The molecule has 0 fully saturated rings. The predicted molar refractivity (Wildman–Crippen MR) is 130 cm³/mol. The molecule has 3 N–H and O–H groups in total. The summed E-state index contributed by atoms with van der Waals surface area (Å²) in [6.07, 6.45) is 0.929. The molecule has 0 saturated carbocycles. The zero-order chi connectivity index (χ0) is 22.7. The number of fused-ring (bicyclic) bond motifs is 1. The molecule has 8 heteroatoms. The van der Waals surface area contributed by atoms with E-state index < -0.39 is 12.0 Å². The summed E-state index contributed by atoms with van der Waals surface area (Å²) in [6, 6.07) is 19.8. The highest BCUT2D eigenvalue weighted by Crippen LogP contribution is 2.36. The van der Waals surface area contributed by atoms with Gasteiger partial charge in [-0.05, 0) is 59.9 Å². The summed E-state index contributed by atoms with van der Waals surface area (Å²) in [4.78, 5) is 23.8. The highest BCUT2D eigenvalue weighted by molar-refractivity contribution is 6.32. The van der Waals surface area contributed by atoms with Crippen molar-refractivity contribution in [2.24, 2.45) is 5.73 Å². The fourth-order valence-electron chi connectivity index (χ4n) is 3.78. The fraction of sp³-hybridized carbons (Fsp3) is 0.200. The molecule has 0 aliphatic carbocycles. The first-order valence-corrected chi connectivity index (χ1v) is 10.6. The van der Waals surface area contributed by atoms with Crippen molar-refractivity contribution in [3.8, 4) is 11.5 Å². The van der Waals surface area contributed by atoms with Crippen molar-refractivity contribution >= 4 is 41.6 Å². The Balaban J connectivity index is 0.00000306. The molecule has 1 aliphatic heterocycles. The zero-order valence-corrected chi connectivity index (χ0v) is 19.5. The molecule has 1 heterocycles. The second-order valence-electron chi connectivity index (χ2n) is 7.68. The van der Waals surface area contributed by atoms with Crippen LogP contribution in [0, 0.1) is 0 Å². The summed E-state index contributed by atoms with van der Waals surface area (Å²) in [5.41, 5.74) is 9.51. The molecule has 2 unspecified atom stereocenters. The van der Waals surface area contributed by atoms with Gasteiger partial charge < -0.3 is 20.5 Å². The Morgan fingerprint density at radius 2 is 1.79 bits per heavy atom. The van der Waals surface area contributed by atoms with Crippen LogP contribution in [0.1, 0.15) is 22.6 Å². The van der Waals surface area contributed by atoms with Crippen LogP contribution >= 0.6 is 24.0 Å². The third kappa shape index (κ3) is 5.66. The van der Waals surface area contributed by atoms with Gasteiger partial charge in [0.15, 0.2) is 0 Å². The third-order valence-electron chi connectivity index (χ3n) is 5.46. The Bertz CT molecular complexity index is 1150. The van der Waals surface area contributed by atoms with E-state index in [1.807, 2.05) is 48.5 Å². The molecule has 3 aromatic carbocycles. The number of carbonyl (C=O) groups excluding carboxylic acids is 2. The molecule has 1 amide bonds. The van der Waals surface area contributed by atoms with Gasteiger partial charge in [0.1, 0.15) is 17.5 Å². The SMILES string of the molecule is COC(=O)C(N)Cc1ccc(Oc2ccc(CC3C(=O)Nc4ccccc43)cc2Cl)cc1.Cl. The molecule has 2 atom stereocenters. The number of nitrogens with one attached hydrogen (secondary N) is 1. The minimum absolute atomic E-state index is 0. The lowest BCUT2D eigenvalue weighted by Crippen LogP contribution is -2.33. The Kier molecular flexibility index (Phi) is 7.97. The van der Waals surface area contributed by atoms with E-state index in [1.54, 1.807) is 18.2 Å². The highest BCUT2D eigenvalue weighted by atomic mass is 35.5. The van der Waals surface area contributed by atoms with Gasteiger partial charge >= 0.3 is 5.97 Å².